The van der Waals surface area contributed by atoms with Crippen molar-refractivity contribution < 1.29 is 9.18 Å². The van der Waals surface area contributed by atoms with Crippen molar-refractivity contribution in [2.24, 2.45) is 7.05 Å². The molecule has 0 aliphatic carbocycles. The molecule has 8 heteroatoms. The number of carbonyl (C=O) groups excluding carboxylic acids is 1. The van der Waals surface area contributed by atoms with Gasteiger partial charge in [-0.3, -0.25) is 14.5 Å². The van der Waals surface area contributed by atoms with E-state index in [0.29, 0.717) is 22.4 Å². The minimum Gasteiger partial charge on any atom is -0.340 e. The highest BCUT2D eigenvalue weighted by Gasteiger charge is 2.43. The number of halogens is 1. The fraction of sp³-hybridized carbons (Fsp3) is 0.174. The molecule has 0 bridgehead atoms. The molecule has 1 aliphatic rings. The Kier molecular flexibility index (Phi) is 4.29. The third kappa shape index (κ3) is 3.05. The smallest absolute Gasteiger partial charge is 0.255 e. The first-order valence-electron chi connectivity index (χ1n) is 9.84. The molecule has 0 spiro atoms. The molecule has 1 amide bonds. The van der Waals surface area contributed by atoms with Gasteiger partial charge in [0.1, 0.15) is 5.82 Å². The van der Waals surface area contributed by atoms with Crippen molar-refractivity contribution in [3.8, 4) is 11.1 Å². The number of hydrogen-bond donors (Lipinski definition) is 0. The summed E-state index contributed by atoms with van der Waals surface area (Å²) in [5.41, 5.74) is 4.21. The third-order valence-electron chi connectivity index (χ3n) is 5.80. The molecule has 4 radical (unpaired) electrons. The van der Waals surface area contributed by atoms with Gasteiger partial charge in [-0.1, -0.05) is 12.1 Å². The Balaban J connectivity index is 1.51. The number of benzene rings is 2. The third-order valence-corrected chi connectivity index (χ3v) is 5.80. The van der Waals surface area contributed by atoms with Crippen molar-refractivity contribution in [2.75, 3.05) is 0 Å². The molecule has 31 heavy (non-hydrogen) atoms. The van der Waals surface area contributed by atoms with E-state index in [1.807, 2.05) is 44.4 Å². The monoisotopic (exact) mass is 406 g/mol. The molecule has 148 valence electrons. The molecular formula is C23H17B2FN4O. The van der Waals surface area contributed by atoms with Gasteiger partial charge < -0.3 is 4.90 Å². The highest BCUT2D eigenvalue weighted by atomic mass is 19.1. The zero-order chi connectivity index (χ0) is 21.9. The van der Waals surface area contributed by atoms with Gasteiger partial charge in [-0.2, -0.15) is 5.10 Å². The lowest BCUT2D eigenvalue weighted by atomic mass is 9.59. The van der Waals surface area contributed by atoms with Crippen molar-refractivity contribution in [1.82, 2.24) is 19.7 Å². The second-order valence-corrected chi connectivity index (χ2v) is 7.95. The normalized spacial score (nSPS) is 14.9. The van der Waals surface area contributed by atoms with Gasteiger partial charge in [-0.05, 0) is 53.9 Å². The van der Waals surface area contributed by atoms with Crippen LogP contribution in [0.1, 0.15) is 27.2 Å². The summed E-state index contributed by atoms with van der Waals surface area (Å²) in [4.78, 5) is 18.3. The van der Waals surface area contributed by atoms with Crippen LogP contribution < -0.4 is 0 Å². The summed E-state index contributed by atoms with van der Waals surface area (Å²) >= 11 is 0. The molecule has 2 aromatic carbocycles. The van der Waals surface area contributed by atoms with E-state index in [9.17, 15) is 4.79 Å². The second kappa shape index (κ2) is 6.80. The maximum absolute atomic E-state index is 15.2. The number of aryl methyl sites for hydroxylation is 2. The lowest BCUT2D eigenvalue weighted by Gasteiger charge is -2.33. The molecule has 5 rings (SSSR count). The van der Waals surface area contributed by atoms with Crippen molar-refractivity contribution in [1.29, 1.82) is 0 Å². The SMILES string of the molecule is [B]C1([B])c2ncccc2C(=O)N1Cc1c(C)cc(-c2ccc3nn(C)cc3c2)cc1F. The number of nitrogens with zero attached hydrogens (tertiary/aromatic N) is 4. The molecule has 0 N–H and O–H groups in total. The zero-order valence-corrected chi connectivity index (χ0v) is 17.1. The summed E-state index contributed by atoms with van der Waals surface area (Å²) in [6.07, 6.45) is 3.45. The summed E-state index contributed by atoms with van der Waals surface area (Å²) in [5.74, 6) is -0.785. The van der Waals surface area contributed by atoms with Crippen molar-refractivity contribution in [3.63, 3.8) is 0 Å². The highest BCUT2D eigenvalue weighted by molar-refractivity contribution is 6.42. The largest absolute Gasteiger partial charge is 0.340 e. The molecule has 0 fully saturated rings. The Labute approximate surface area is 181 Å². The Bertz CT molecular complexity index is 1340. The fourth-order valence-electron chi connectivity index (χ4n) is 4.17. The molecule has 2 aromatic heterocycles. The number of hydrogen-bond acceptors (Lipinski definition) is 3. The van der Waals surface area contributed by atoms with Crippen LogP contribution in [0.5, 0.6) is 0 Å². The van der Waals surface area contributed by atoms with Crippen LogP contribution in [0, 0.1) is 12.7 Å². The van der Waals surface area contributed by atoms with Crippen LogP contribution >= 0.6 is 0 Å². The van der Waals surface area contributed by atoms with Gasteiger partial charge in [0.05, 0.1) is 32.5 Å². The number of rotatable bonds is 3. The van der Waals surface area contributed by atoms with Crippen LogP contribution in [0.4, 0.5) is 4.39 Å². The Morgan fingerprint density at radius 1 is 1.13 bits per heavy atom. The van der Waals surface area contributed by atoms with E-state index < -0.39 is 11.2 Å². The second-order valence-electron chi connectivity index (χ2n) is 7.95. The Morgan fingerprint density at radius 2 is 1.94 bits per heavy atom. The maximum Gasteiger partial charge on any atom is 0.255 e. The lowest BCUT2D eigenvalue weighted by Crippen LogP contribution is -2.45. The average Bonchev–Trinajstić information content (AvgIpc) is 3.19. The van der Waals surface area contributed by atoms with Gasteiger partial charge in [0.15, 0.2) is 0 Å². The minimum absolute atomic E-state index is 0.0538. The maximum atomic E-state index is 15.2. The predicted octanol–water partition coefficient (Wildman–Crippen LogP) is 3.19. The molecule has 4 aromatic rings. The Morgan fingerprint density at radius 3 is 2.68 bits per heavy atom. The van der Waals surface area contributed by atoms with Gasteiger partial charge in [-0.25, -0.2) is 4.39 Å². The van der Waals surface area contributed by atoms with Crippen molar-refractivity contribution in [2.45, 2.75) is 18.8 Å². The van der Waals surface area contributed by atoms with Gasteiger partial charge in [0.2, 0.25) is 0 Å². The topological polar surface area (TPSA) is 51.0 Å². The van der Waals surface area contributed by atoms with Gasteiger partial charge in [-0.15, -0.1) is 0 Å². The first-order chi connectivity index (χ1) is 14.8. The standard InChI is InChI=1S/C23H17B2FN4O/c1-13-8-15(14-5-6-20-16(9-14)11-29(2)28-20)10-19(26)18(13)12-30-22(31)17-4-3-7-27-21(17)23(30,24)25/h3-11H,12H2,1-2H3. The number of amides is 1. The van der Waals surface area contributed by atoms with Crippen LogP contribution in [0.2, 0.25) is 0 Å². The predicted molar refractivity (Wildman–Crippen MR) is 118 cm³/mol. The molecule has 0 saturated heterocycles. The van der Waals surface area contributed by atoms with Gasteiger partial charge in [0, 0.05) is 42.3 Å². The summed E-state index contributed by atoms with van der Waals surface area (Å²) in [6, 6.07) is 12.5. The average molecular weight is 406 g/mol. The lowest BCUT2D eigenvalue weighted by molar-refractivity contribution is 0.0729. The molecule has 0 atom stereocenters. The van der Waals surface area contributed by atoms with E-state index in [1.165, 1.54) is 17.2 Å². The van der Waals surface area contributed by atoms with Crippen LogP contribution in [0.3, 0.4) is 0 Å². The van der Waals surface area contributed by atoms with Gasteiger partial charge in [0.25, 0.3) is 5.91 Å². The number of pyridine rings is 1. The number of carbonyl (C=O) groups is 1. The van der Waals surface area contributed by atoms with Crippen LogP contribution in [0.25, 0.3) is 22.0 Å². The van der Waals surface area contributed by atoms with E-state index in [2.05, 4.69) is 10.1 Å². The molecule has 5 nitrogen and oxygen atoms in total. The highest BCUT2D eigenvalue weighted by Crippen LogP contribution is 2.36. The summed E-state index contributed by atoms with van der Waals surface area (Å²) in [5, 5.41) is 3.75. The quantitative estimate of drug-likeness (QED) is 0.492. The van der Waals surface area contributed by atoms with E-state index in [1.54, 1.807) is 16.8 Å². The first-order valence-corrected chi connectivity index (χ1v) is 9.84. The van der Waals surface area contributed by atoms with E-state index in [-0.39, 0.29) is 12.5 Å². The number of aromatic nitrogens is 3. The van der Waals surface area contributed by atoms with Crippen LogP contribution in [-0.2, 0) is 18.9 Å². The number of fused-ring (bicyclic) bond motifs is 2. The molecule has 3 heterocycles. The first kappa shape index (κ1) is 19.5. The molecule has 1 aliphatic heterocycles. The van der Waals surface area contributed by atoms with Crippen LogP contribution in [-0.4, -0.2) is 41.3 Å². The minimum atomic E-state index is -1.60. The Hall–Kier alpha value is -3.41. The summed E-state index contributed by atoms with van der Waals surface area (Å²) in [7, 11) is 14.3. The summed E-state index contributed by atoms with van der Waals surface area (Å²) in [6.45, 7) is 1.76. The molecular weight excluding hydrogens is 389 g/mol. The van der Waals surface area contributed by atoms with E-state index in [4.69, 9.17) is 15.7 Å². The van der Waals surface area contributed by atoms with Crippen molar-refractivity contribution >= 4 is 32.5 Å². The van der Waals surface area contributed by atoms with E-state index >= 15 is 4.39 Å². The van der Waals surface area contributed by atoms with Crippen LogP contribution in [0.15, 0.2) is 54.9 Å². The fourth-order valence-corrected chi connectivity index (χ4v) is 4.17. The van der Waals surface area contributed by atoms with Gasteiger partial charge >= 0.3 is 0 Å². The molecule has 0 unspecified atom stereocenters. The zero-order valence-electron chi connectivity index (χ0n) is 17.1. The van der Waals surface area contributed by atoms with Crippen molar-refractivity contribution in [3.05, 3.63) is 83.1 Å². The molecule has 0 saturated carbocycles. The summed E-state index contributed by atoms with van der Waals surface area (Å²) < 4.78 is 17.0. The van der Waals surface area contributed by atoms with E-state index in [0.717, 1.165) is 22.0 Å².